The lowest BCUT2D eigenvalue weighted by molar-refractivity contribution is 0.103. The van der Waals surface area contributed by atoms with Crippen LogP contribution in [0.25, 0.3) is 0 Å². The van der Waals surface area contributed by atoms with E-state index in [-0.39, 0.29) is 12.1 Å². The fraction of sp³-hybridized carbons (Fsp3) is 0.500. The van der Waals surface area contributed by atoms with E-state index in [4.69, 9.17) is 4.74 Å². The molecule has 6 heteroatoms. The van der Waals surface area contributed by atoms with E-state index in [1.165, 1.54) is 0 Å². The van der Waals surface area contributed by atoms with Crippen molar-refractivity contribution in [3.05, 3.63) is 24.3 Å². The van der Waals surface area contributed by atoms with Gasteiger partial charge in [-0.25, -0.2) is 4.79 Å². The van der Waals surface area contributed by atoms with Gasteiger partial charge in [0.05, 0.1) is 18.8 Å². The summed E-state index contributed by atoms with van der Waals surface area (Å²) in [5, 5.41) is 18.4. The van der Waals surface area contributed by atoms with E-state index < -0.39 is 6.10 Å². The highest BCUT2D eigenvalue weighted by Gasteiger charge is 2.24. The van der Waals surface area contributed by atoms with Crippen LogP contribution in [-0.4, -0.2) is 43.0 Å². The Labute approximate surface area is 118 Å². The number of nitrogens with one attached hydrogen (secondary N) is 3. The third kappa shape index (κ3) is 4.11. The average Bonchev–Trinajstić information content (AvgIpc) is 2.44. The van der Waals surface area contributed by atoms with Crippen LogP contribution in [0.5, 0.6) is 5.75 Å². The van der Waals surface area contributed by atoms with Gasteiger partial charge in [0.1, 0.15) is 5.75 Å². The Morgan fingerprint density at radius 3 is 2.85 bits per heavy atom. The second-order valence-electron chi connectivity index (χ2n) is 4.72. The Balaban J connectivity index is 1.84. The van der Waals surface area contributed by atoms with Crippen LogP contribution in [0.3, 0.4) is 0 Å². The number of carbonyl (C=O) groups excluding carboxylic acids is 1. The van der Waals surface area contributed by atoms with E-state index in [1.54, 1.807) is 24.3 Å². The molecule has 4 N–H and O–H groups in total. The number of aliphatic hydroxyl groups excluding tert-OH is 1. The number of benzene rings is 1. The molecule has 1 aliphatic rings. The lowest BCUT2D eigenvalue weighted by atomic mass is 10.0. The molecular weight excluding hydrogens is 258 g/mol. The molecule has 0 aromatic heterocycles. The van der Waals surface area contributed by atoms with Crippen molar-refractivity contribution in [3.63, 3.8) is 0 Å². The second kappa shape index (κ2) is 7.12. The molecule has 0 bridgehead atoms. The van der Waals surface area contributed by atoms with Gasteiger partial charge in [-0.1, -0.05) is 0 Å². The molecule has 1 fully saturated rings. The van der Waals surface area contributed by atoms with Gasteiger partial charge in [0.25, 0.3) is 0 Å². The van der Waals surface area contributed by atoms with Gasteiger partial charge in [-0.2, -0.15) is 0 Å². The Morgan fingerprint density at radius 2 is 2.20 bits per heavy atom. The number of ether oxygens (including phenoxy) is 1. The van der Waals surface area contributed by atoms with Crippen molar-refractivity contribution in [1.82, 2.24) is 10.6 Å². The summed E-state index contributed by atoms with van der Waals surface area (Å²) < 4.78 is 5.33. The molecule has 0 spiro atoms. The highest BCUT2D eigenvalue weighted by atomic mass is 16.5. The molecule has 20 heavy (non-hydrogen) atoms. The third-order valence-electron chi connectivity index (χ3n) is 3.19. The van der Waals surface area contributed by atoms with Crippen molar-refractivity contribution in [2.24, 2.45) is 0 Å². The molecule has 1 aliphatic heterocycles. The maximum Gasteiger partial charge on any atom is 0.319 e. The number of piperidine rings is 1. The smallest absolute Gasteiger partial charge is 0.319 e. The molecule has 0 radical (unpaired) electrons. The van der Waals surface area contributed by atoms with E-state index in [2.05, 4.69) is 16.0 Å². The normalized spacial score (nSPS) is 22.1. The van der Waals surface area contributed by atoms with Crippen LogP contribution in [0, 0.1) is 0 Å². The number of hydrogen-bond acceptors (Lipinski definition) is 4. The van der Waals surface area contributed by atoms with Crippen LogP contribution in [0.15, 0.2) is 24.3 Å². The minimum Gasteiger partial charge on any atom is -0.494 e. The molecule has 1 aromatic carbocycles. The summed E-state index contributed by atoms with van der Waals surface area (Å²) in [6, 6.07) is 6.58. The molecule has 2 atom stereocenters. The van der Waals surface area contributed by atoms with Gasteiger partial charge in [-0.05, 0) is 44.2 Å². The number of rotatable bonds is 4. The molecule has 0 aliphatic carbocycles. The predicted octanol–water partition coefficient (Wildman–Crippen LogP) is 0.930. The van der Waals surface area contributed by atoms with Crippen LogP contribution >= 0.6 is 0 Å². The van der Waals surface area contributed by atoms with Gasteiger partial charge in [0, 0.05) is 12.2 Å². The fourth-order valence-corrected chi connectivity index (χ4v) is 2.13. The molecule has 2 amide bonds. The summed E-state index contributed by atoms with van der Waals surface area (Å²) in [6.45, 7) is 3.89. The van der Waals surface area contributed by atoms with E-state index >= 15 is 0 Å². The molecule has 1 aromatic rings. The van der Waals surface area contributed by atoms with Crippen molar-refractivity contribution in [2.45, 2.75) is 25.5 Å². The third-order valence-corrected chi connectivity index (χ3v) is 3.19. The lowest BCUT2D eigenvalue weighted by Crippen LogP contribution is -2.54. The monoisotopic (exact) mass is 279 g/mol. The molecule has 1 heterocycles. The summed E-state index contributed by atoms with van der Waals surface area (Å²) in [5.41, 5.74) is 0.684. The fourth-order valence-electron chi connectivity index (χ4n) is 2.13. The Kier molecular flexibility index (Phi) is 5.20. The first-order valence-corrected chi connectivity index (χ1v) is 6.88. The SMILES string of the molecule is CCOc1ccc(NC(=O)N[C@@H]2CNCC[C@H]2O)cc1. The maximum absolute atomic E-state index is 11.8. The highest BCUT2D eigenvalue weighted by Crippen LogP contribution is 2.15. The van der Waals surface area contributed by atoms with Crippen molar-refractivity contribution < 1.29 is 14.6 Å². The summed E-state index contributed by atoms with van der Waals surface area (Å²) in [4.78, 5) is 11.8. The van der Waals surface area contributed by atoms with Gasteiger partial charge in [-0.3, -0.25) is 0 Å². The largest absolute Gasteiger partial charge is 0.494 e. The van der Waals surface area contributed by atoms with Crippen LogP contribution in [0.2, 0.25) is 0 Å². The van der Waals surface area contributed by atoms with Gasteiger partial charge in [0.15, 0.2) is 0 Å². The number of amides is 2. The first-order chi connectivity index (χ1) is 9.69. The first kappa shape index (κ1) is 14.6. The molecule has 0 unspecified atom stereocenters. The summed E-state index contributed by atoms with van der Waals surface area (Å²) in [7, 11) is 0. The van der Waals surface area contributed by atoms with Crippen LogP contribution in [0.1, 0.15) is 13.3 Å². The van der Waals surface area contributed by atoms with E-state index in [1.807, 2.05) is 6.92 Å². The standard InChI is InChI=1S/C14H21N3O3/c1-2-20-11-5-3-10(4-6-11)16-14(19)17-12-9-15-8-7-13(12)18/h3-6,12-13,15,18H,2,7-9H2,1H3,(H2,16,17,19)/t12-,13-/m1/s1. The van der Waals surface area contributed by atoms with Crippen LogP contribution < -0.4 is 20.7 Å². The van der Waals surface area contributed by atoms with E-state index in [0.717, 1.165) is 12.3 Å². The van der Waals surface area contributed by atoms with E-state index in [9.17, 15) is 9.90 Å². The number of aliphatic hydroxyl groups is 1. The van der Waals surface area contributed by atoms with Gasteiger partial charge < -0.3 is 25.8 Å². The minimum atomic E-state index is -0.498. The second-order valence-corrected chi connectivity index (χ2v) is 4.72. The Morgan fingerprint density at radius 1 is 1.45 bits per heavy atom. The molecule has 110 valence electrons. The maximum atomic E-state index is 11.8. The molecule has 0 saturated carbocycles. The zero-order valence-electron chi connectivity index (χ0n) is 11.6. The van der Waals surface area contributed by atoms with Gasteiger partial charge >= 0.3 is 6.03 Å². The molecular formula is C14H21N3O3. The number of carbonyl (C=O) groups is 1. The predicted molar refractivity (Wildman–Crippen MR) is 77.0 cm³/mol. The summed E-state index contributed by atoms with van der Waals surface area (Å²) in [5.74, 6) is 0.769. The topological polar surface area (TPSA) is 82.6 Å². The van der Waals surface area contributed by atoms with Gasteiger partial charge in [-0.15, -0.1) is 0 Å². The quantitative estimate of drug-likeness (QED) is 0.661. The van der Waals surface area contributed by atoms with Crippen molar-refractivity contribution >= 4 is 11.7 Å². The molecule has 1 saturated heterocycles. The zero-order chi connectivity index (χ0) is 14.4. The summed E-state index contributed by atoms with van der Waals surface area (Å²) >= 11 is 0. The summed E-state index contributed by atoms with van der Waals surface area (Å²) in [6.07, 6.45) is 0.149. The van der Waals surface area contributed by atoms with Crippen LogP contribution in [0.4, 0.5) is 10.5 Å². The lowest BCUT2D eigenvalue weighted by Gasteiger charge is -2.29. The molecule has 2 rings (SSSR count). The number of anilines is 1. The highest BCUT2D eigenvalue weighted by molar-refractivity contribution is 5.89. The zero-order valence-corrected chi connectivity index (χ0v) is 11.6. The first-order valence-electron chi connectivity index (χ1n) is 6.88. The average molecular weight is 279 g/mol. The molecule has 6 nitrogen and oxygen atoms in total. The minimum absolute atomic E-state index is 0.258. The van der Waals surface area contributed by atoms with Crippen molar-refractivity contribution in [3.8, 4) is 5.75 Å². The number of urea groups is 1. The van der Waals surface area contributed by atoms with Crippen molar-refractivity contribution in [1.29, 1.82) is 0 Å². The number of hydrogen-bond donors (Lipinski definition) is 4. The van der Waals surface area contributed by atoms with Crippen molar-refractivity contribution in [2.75, 3.05) is 25.0 Å². The Hall–Kier alpha value is -1.79. The van der Waals surface area contributed by atoms with Crippen LogP contribution in [-0.2, 0) is 0 Å². The Bertz CT molecular complexity index is 436. The van der Waals surface area contributed by atoms with Gasteiger partial charge in [0.2, 0.25) is 0 Å². The van der Waals surface area contributed by atoms with E-state index in [0.29, 0.717) is 25.3 Å².